The van der Waals surface area contributed by atoms with Gasteiger partial charge in [-0.15, -0.1) is 10.2 Å². The van der Waals surface area contributed by atoms with E-state index in [1.165, 1.54) is 11.3 Å². The lowest BCUT2D eigenvalue weighted by Gasteiger charge is -1.95. The largest absolute Gasteiger partial charge is 0.508 e. The molecule has 0 fully saturated rings. The number of benzene rings is 1. The minimum atomic E-state index is 0.256. The summed E-state index contributed by atoms with van der Waals surface area (Å²) in [4.78, 5) is 0.796. The summed E-state index contributed by atoms with van der Waals surface area (Å²) in [5, 5.41) is 22.7. The fraction of sp³-hybridized carbons (Fsp3) is 0.182. The second-order valence-electron chi connectivity index (χ2n) is 3.62. The van der Waals surface area contributed by atoms with Crippen LogP contribution in [0, 0.1) is 0 Å². The molecule has 0 bridgehead atoms. The minimum Gasteiger partial charge on any atom is -0.508 e. The first-order chi connectivity index (χ1) is 8.28. The van der Waals surface area contributed by atoms with Gasteiger partial charge in [0.1, 0.15) is 10.8 Å². The molecule has 1 N–H and O–H groups in total. The van der Waals surface area contributed by atoms with Crippen LogP contribution in [-0.2, 0) is 6.42 Å². The maximum atomic E-state index is 9.24. The van der Waals surface area contributed by atoms with Gasteiger partial charge in [-0.2, -0.15) is 9.61 Å². The van der Waals surface area contributed by atoms with Crippen molar-refractivity contribution < 1.29 is 5.11 Å². The van der Waals surface area contributed by atoms with Crippen LogP contribution in [0.1, 0.15) is 12.7 Å². The maximum absolute atomic E-state index is 9.24. The Morgan fingerprint density at radius 3 is 2.71 bits per heavy atom. The summed E-state index contributed by atoms with van der Waals surface area (Å²) < 4.78 is 1.77. The van der Waals surface area contributed by atoms with Crippen molar-refractivity contribution in [3.63, 3.8) is 0 Å². The molecule has 3 rings (SSSR count). The third-order valence-electron chi connectivity index (χ3n) is 2.49. The van der Waals surface area contributed by atoms with E-state index in [0.29, 0.717) is 0 Å². The quantitative estimate of drug-likeness (QED) is 0.752. The van der Waals surface area contributed by atoms with Gasteiger partial charge in [0.05, 0.1) is 0 Å². The normalized spacial score (nSPS) is 11.1. The van der Waals surface area contributed by atoms with Gasteiger partial charge in [-0.05, 0) is 24.3 Å². The van der Waals surface area contributed by atoms with Crippen LogP contribution < -0.4 is 0 Å². The molecular formula is C11H10N4OS. The van der Waals surface area contributed by atoms with Gasteiger partial charge in [0.2, 0.25) is 4.96 Å². The summed E-state index contributed by atoms with van der Waals surface area (Å²) >= 11 is 1.49. The number of rotatable bonds is 2. The first-order valence-corrected chi connectivity index (χ1v) is 6.10. The number of phenolic OH excluding ortho intramolecular Hbond substituents is 1. The molecular weight excluding hydrogens is 236 g/mol. The molecule has 3 aromatic rings. The first-order valence-electron chi connectivity index (χ1n) is 5.28. The Bertz CT molecular complexity index is 656. The summed E-state index contributed by atoms with van der Waals surface area (Å²) in [6.45, 7) is 2.02. The maximum Gasteiger partial charge on any atom is 0.234 e. The summed E-state index contributed by atoms with van der Waals surface area (Å²) in [5.74, 6) is 1.12. The predicted octanol–water partition coefficient (Wildman–Crippen LogP) is 2.12. The molecule has 0 aliphatic heterocycles. The summed E-state index contributed by atoms with van der Waals surface area (Å²) in [5.41, 5.74) is 0.973. The Morgan fingerprint density at radius 1 is 1.24 bits per heavy atom. The van der Waals surface area contributed by atoms with Crippen LogP contribution in [0.2, 0.25) is 0 Å². The van der Waals surface area contributed by atoms with E-state index in [-0.39, 0.29) is 5.75 Å². The molecule has 17 heavy (non-hydrogen) atoms. The van der Waals surface area contributed by atoms with Crippen LogP contribution in [0.15, 0.2) is 24.3 Å². The van der Waals surface area contributed by atoms with Crippen LogP contribution >= 0.6 is 11.3 Å². The Balaban J connectivity index is 2.11. The Kier molecular flexibility index (Phi) is 2.29. The zero-order valence-corrected chi connectivity index (χ0v) is 9.98. The van der Waals surface area contributed by atoms with Crippen molar-refractivity contribution in [3.8, 4) is 16.3 Å². The van der Waals surface area contributed by atoms with Gasteiger partial charge in [-0.3, -0.25) is 0 Å². The summed E-state index contributed by atoms with van der Waals surface area (Å²) in [6.07, 6.45) is 0.805. The van der Waals surface area contributed by atoms with Crippen LogP contribution in [-0.4, -0.2) is 24.9 Å². The highest BCUT2D eigenvalue weighted by Crippen LogP contribution is 2.26. The highest BCUT2D eigenvalue weighted by atomic mass is 32.1. The van der Waals surface area contributed by atoms with Crippen molar-refractivity contribution in [1.82, 2.24) is 19.8 Å². The summed E-state index contributed by atoms with van der Waals surface area (Å²) in [7, 11) is 0. The van der Waals surface area contributed by atoms with Gasteiger partial charge in [-0.25, -0.2) is 0 Å². The number of aryl methyl sites for hydroxylation is 1. The molecule has 2 aromatic heterocycles. The van der Waals surface area contributed by atoms with Crippen molar-refractivity contribution in [2.75, 3.05) is 0 Å². The lowest BCUT2D eigenvalue weighted by atomic mass is 10.2. The Morgan fingerprint density at radius 2 is 2.00 bits per heavy atom. The van der Waals surface area contributed by atoms with Crippen LogP contribution in [0.4, 0.5) is 0 Å². The number of hydrogen-bond donors (Lipinski definition) is 1. The topological polar surface area (TPSA) is 63.3 Å². The Labute approximate surface area is 101 Å². The second kappa shape index (κ2) is 3.81. The van der Waals surface area contributed by atoms with Gasteiger partial charge in [0.15, 0.2) is 5.82 Å². The first kappa shape index (κ1) is 10.2. The lowest BCUT2D eigenvalue weighted by molar-refractivity contribution is 0.475. The number of aromatic nitrogens is 4. The number of nitrogens with zero attached hydrogens (tertiary/aromatic N) is 4. The lowest BCUT2D eigenvalue weighted by Crippen LogP contribution is -1.93. The highest BCUT2D eigenvalue weighted by molar-refractivity contribution is 7.19. The molecule has 0 unspecified atom stereocenters. The average molecular weight is 246 g/mol. The van der Waals surface area contributed by atoms with Gasteiger partial charge in [0.25, 0.3) is 0 Å². The van der Waals surface area contributed by atoms with E-state index in [1.54, 1.807) is 16.6 Å². The van der Waals surface area contributed by atoms with Crippen molar-refractivity contribution >= 4 is 16.3 Å². The van der Waals surface area contributed by atoms with E-state index in [9.17, 15) is 5.11 Å². The molecule has 0 radical (unpaired) electrons. The molecule has 2 heterocycles. The van der Waals surface area contributed by atoms with E-state index in [4.69, 9.17) is 0 Å². The zero-order valence-electron chi connectivity index (χ0n) is 9.16. The third-order valence-corrected chi connectivity index (χ3v) is 3.43. The van der Waals surface area contributed by atoms with Crippen LogP contribution in [0.5, 0.6) is 5.75 Å². The van der Waals surface area contributed by atoms with E-state index in [2.05, 4.69) is 15.3 Å². The molecule has 0 saturated carbocycles. The summed E-state index contributed by atoms with van der Waals surface area (Å²) in [6, 6.07) is 6.98. The van der Waals surface area contributed by atoms with Gasteiger partial charge in [0, 0.05) is 12.0 Å². The number of phenols is 1. The molecule has 86 valence electrons. The van der Waals surface area contributed by atoms with Gasteiger partial charge < -0.3 is 5.11 Å². The minimum absolute atomic E-state index is 0.256. The molecule has 1 aromatic carbocycles. The van der Waals surface area contributed by atoms with Gasteiger partial charge >= 0.3 is 0 Å². The number of fused-ring (bicyclic) bond motifs is 1. The SMILES string of the molecule is CCc1nnc2sc(-c3ccc(O)cc3)nn12. The van der Waals surface area contributed by atoms with Crippen LogP contribution in [0.25, 0.3) is 15.5 Å². The molecule has 0 amide bonds. The Hall–Kier alpha value is -1.95. The van der Waals surface area contributed by atoms with E-state index < -0.39 is 0 Å². The van der Waals surface area contributed by atoms with Gasteiger partial charge in [-0.1, -0.05) is 18.3 Å². The van der Waals surface area contributed by atoms with E-state index in [0.717, 1.165) is 27.8 Å². The average Bonchev–Trinajstić information content (AvgIpc) is 2.89. The fourth-order valence-electron chi connectivity index (χ4n) is 1.60. The van der Waals surface area contributed by atoms with Crippen molar-refractivity contribution in [3.05, 3.63) is 30.1 Å². The molecule has 0 aliphatic rings. The number of aromatic hydroxyl groups is 1. The van der Waals surface area contributed by atoms with Crippen molar-refractivity contribution in [2.45, 2.75) is 13.3 Å². The third kappa shape index (κ3) is 1.66. The molecule has 0 saturated heterocycles. The molecule has 0 spiro atoms. The molecule has 0 atom stereocenters. The number of hydrogen-bond acceptors (Lipinski definition) is 5. The standard InChI is InChI=1S/C11H10N4OS/c1-2-9-12-13-11-15(9)14-10(17-11)7-3-5-8(16)6-4-7/h3-6,16H,2H2,1H3. The molecule has 0 aliphatic carbocycles. The second-order valence-corrected chi connectivity index (χ2v) is 4.57. The smallest absolute Gasteiger partial charge is 0.234 e. The monoisotopic (exact) mass is 246 g/mol. The zero-order chi connectivity index (χ0) is 11.8. The predicted molar refractivity (Wildman–Crippen MR) is 65.1 cm³/mol. The van der Waals surface area contributed by atoms with Crippen molar-refractivity contribution in [2.24, 2.45) is 0 Å². The fourth-order valence-corrected chi connectivity index (χ4v) is 2.46. The van der Waals surface area contributed by atoms with E-state index in [1.807, 2.05) is 19.1 Å². The molecule has 5 nitrogen and oxygen atoms in total. The van der Waals surface area contributed by atoms with Crippen molar-refractivity contribution in [1.29, 1.82) is 0 Å². The molecule has 6 heteroatoms. The van der Waals surface area contributed by atoms with E-state index >= 15 is 0 Å². The highest BCUT2D eigenvalue weighted by Gasteiger charge is 2.11. The van der Waals surface area contributed by atoms with Crippen LogP contribution in [0.3, 0.4) is 0 Å².